The van der Waals surface area contributed by atoms with Gasteiger partial charge in [-0.25, -0.2) is 0 Å². The predicted molar refractivity (Wildman–Crippen MR) is 89.0 cm³/mol. The molecule has 23 heavy (non-hydrogen) atoms. The van der Waals surface area contributed by atoms with Crippen molar-refractivity contribution in [3.05, 3.63) is 27.7 Å². The summed E-state index contributed by atoms with van der Waals surface area (Å²) in [5, 5.41) is 5.60. The van der Waals surface area contributed by atoms with Crippen molar-refractivity contribution in [3.63, 3.8) is 0 Å². The topological polar surface area (TPSA) is 84.5 Å². The van der Waals surface area contributed by atoms with Crippen molar-refractivity contribution in [2.24, 2.45) is 0 Å². The Labute approximate surface area is 144 Å². The molecule has 2 amide bonds. The van der Waals surface area contributed by atoms with E-state index in [0.29, 0.717) is 12.8 Å². The fourth-order valence-corrected chi connectivity index (χ4v) is 2.32. The first-order valence-corrected chi connectivity index (χ1v) is 7.78. The van der Waals surface area contributed by atoms with Crippen molar-refractivity contribution >= 4 is 46.7 Å². The highest BCUT2D eigenvalue weighted by Crippen LogP contribution is 2.30. The smallest absolute Gasteiger partial charge is 0.307 e. The molecular formula is C15H18Cl2N2O4. The summed E-state index contributed by atoms with van der Waals surface area (Å²) in [6, 6.07) is 2.85. The number of nitrogens with one attached hydrogen (secondary N) is 2. The van der Waals surface area contributed by atoms with Crippen LogP contribution in [0, 0.1) is 0 Å². The zero-order valence-electron chi connectivity index (χ0n) is 12.9. The largest absolute Gasteiger partial charge is 0.469 e. The van der Waals surface area contributed by atoms with Gasteiger partial charge in [0.25, 0.3) is 5.91 Å². The lowest BCUT2D eigenvalue weighted by Gasteiger charge is -2.13. The van der Waals surface area contributed by atoms with Crippen LogP contribution in [0.4, 0.5) is 5.69 Å². The van der Waals surface area contributed by atoms with Gasteiger partial charge in [0.15, 0.2) is 0 Å². The number of anilines is 1. The zero-order chi connectivity index (χ0) is 17.4. The standard InChI is InChI=1S/C15H18Cl2N2O4/c1-3-4-12(20)19-14-10(7-9(16)8-11(14)17)15(22)18-6-5-13(21)23-2/h7-8H,3-6H2,1-2H3,(H,18,22)(H,19,20). The molecule has 6 nitrogen and oxygen atoms in total. The number of hydrogen-bond acceptors (Lipinski definition) is 4. The van der Waals surface area contributed by atoms with Gasteiger partial charge >= 0.3 is 5.97 Å². The van der Waals surface area contributed by atoms with Gasteiger partial charge in [-0.15, -0.1) is 0 Å². The summed E-state index contributed by atoms with van der Waals surface area (Å²) in [4.78, 5) is 35.1. The van der Waals surface area contributed by atoms with Crippen molar-refractivity contribution in [2.45, 2.75) is 26.2 Å². The number of carbonyl (C=O) groups excluding carboxylic acids is 3. The molecule has 1 aromatic rings. The van der Waals surface area contributed by atoms with Gasteiger partial charge in [-0.1, -0.05) is 30.1 Å². The van der Waals surface area contributed by atoms with E-state index in [1.54, 1.807) is 0 Å². The Morgan fingerprint density at radius 3 is 2.48 bits per heavy atom. The average molecular weight is 361 g/mol. The van der Waals surface area contributed by atoms with Gasteiger partial charge in [0.1, 0.15) is 0 Å². The van der Waals surface area contributed by atoms with E-state index in [-0.39, 0.29) is 40.2 Å². The van der Waals surface area contributed by atoms with E-state index in [2.05, 4.69) is 15.4 Å². The summed E-state index contributed by atoms with van der Waals surface area (Å²) in [7, 11) is 1.27. The Morgan fingerprint density at radius 1 is 1.17 bits per heavy atom. The summed E-state index contributed by atoms with van der Waals surface area (Å²) >= 11 is 12.0. The molecule has 2 N–H and O–H groups in total. The second-order valence-corrected chi connectivity index (χ2v) is 5.53. The number of halogens is 2. The van der Waals surface area contributed by atoms with Crippen LogP contribution in [0.25, 0.3) is 0 Å². The van der Waals surface area contributed by atoms with Crippen LogP contribution < -0.4 is 10.6 Å². The van der Waals surface area contributed by atoms with Gasteiger partial charge < -0.3 is 15.4 Å². The van der Waals surface area contributed by atoms with Gasteiger partial charge in [-0.2, -0.15) is 0 Å². The van der Waals surface area contributed by atoms with Crippen molar-refractivity contribution in [3.8, 4) is 0 Å². The van der Waals surface area contributed by atoms with E-state index in [1.165, 1.54) is 19.2 Å². The quantitative estimate of drug-likeness (QED) is 0.731. The molecule has 8 heteroatoms. The summed E-state index contributed by atoms with van der Waals surface area (Å²) in [5.74, 6) is -1.18. The third-order valence-corrected chi connectivity index (χ3v) is 3.40. The van der Waals surface area contributed by atoms with E-state index in [4.69, 9.17) is 23.2 Å². The van der Waals surface area contributed by atoms with Gasteiger partial charge in [-0.05, 0) is 18.6 Å². The summed E-state index contributed by atoms with van der Waals surface area (Å²) in [6.07, 6.45) is 1.01. The molecule has 0 heterocycles. The number of benzene rings is 1. The lowest BCUT2D eigenvalue weighted by molar-refractivity contribution is -0.140. The van der Waals surface area contributed by atoms with E-state index < -0.39 is 11.9 Å². The third kappa shape index (κ3) is 6.08. The highest BCUT2D eigenvalue weighted by Gasteiger charge is 2.18. The van der Waals surface area contributed by atoms with Crippen LogP contribution >= 0.6 is 23.2 Å². The van der Waals surface area contributed by atoms with Crippen LogP contribution in [0.1, 0.15) is 36.5 Å². The van der Waals surface area contributed by atoms with Crippen LogP contribution in [-0.2, 0) is 14.3 Å². The minimum atomic E-state index is -0.495. The summed E-state index contributed by atoms with van der Waals surface area (Å²) in [5.41, 5.74) is 0.335. The average Bonchev–Trinajstić information content (AvgIpc) is 2.49. The van der Waals surface area contributed by atoms with Crippen LogP contribution in [-0.4, -0.2) is 31.4 Å². The Kier molecular flexibility index (Phi) is 7.85. The normalized spacial score (nSPS) is 10.1. The molecule has 1 rings (SSSR count). The molecule has 0 bridgehead atoms. The first-order valence-electron chi connectivity index (χ1n) is 7.03. The number of esters is 1. The number of amides is 2. The van der Waals surface area contributed by atoms with Crippen molar-refractivity contribution < 1.29 is 19.1 Å². The molecule has 126 valence electrons. The van der Waals surface area contributed by atoms with Crippen LogP contribution in [0.2, 0.25) is 10.0 Å². The van der Waals surface area contributed by atoms with E-state index >= 15 is 0 Å². The second-order valence-electron chi connectivity index (χ2n) is 4.69. The molecule has 0 saturated carbocycles. The summed E-state index contributed by atoms with van der Waals surface area (Å²) < 4.78 is 4.49. The van der Waals surface area contributed by atoms with Crippen molar-refractivity contribution in [1.29, 1.82) is 0 Å². The van der Waals surface area contributed by atoms with Crippen LogP contribution in [0.3, 0.4) is 0 Å². The van der Waals surface area contributed by atoms with Crippen molar-refractivity contribution in [2.75, 3.05) is 19.0 Å². The molecule has 0 aliphatic heterocycles. The molecule has 0 radical (unpaired) electrons. The van der Waals surface area contributed by atoms with E-state index in [0.717, 1.165) is 0 Å². The van der Waals surface area contributed by atoms with E-state index in [1.807, 2.05) is 6.92 Å². The second kappa shape index (κ2) is 9.37. The minimum Gasteiger partial charge on any atom is -0.469 e. The monoisotopic (exact) mass is 360 g/mol. The molecule has 0 spiro atoms. The maximum Gasteiger partial charge on any atom is 0.307 e. The van der Waals surface area contributed by atoms with E-state index in [9.17, 15) is 14.4 Å². The molecule has 0 fully saturated rings. The SMILES string of the molecule is CCCC(=O)Nc1c(Cl)cc(Cl)cc1C(=O)NCCC(=O)OC. The molecular weight excluding hydrogens is 343 g/mol. The molecule has 0 atom stereocenters. The fraction of sp³-hybridized carbons (Fsp3) is 0.400. The number of rotatable bonds is 7. The summed E-state index contributed by atoms with van der Waals surface area (Å²) in [6.45, 7) is 1.96. The Hall–Kier alpha value is -1.79. The van der Waals surface area contributed by atoms with Crippen LogP contribution in [0.15, 0.2) is 12.1 Å². The van der Waals surface area contributed by atoms with Crippen LogP contribution in [0.5, 0.6) is 0 Å². The number of carbonyl (C=O) groups is 3. The minimum absolute atomic E-state index is 0.0358. The van der Waals surface area contributed by atoms with Gasteiger partial charge in [-0.3, -0.25) is 14.4 Å². The fourth-order valence-electron chi connectivity index (χ4n) is 1.78. The maximum absolute atomic E-state index is 12.2. The molecule has 1 aromatic carbocycles. The lowest BCUT2D eigenvalue weighted by atomic mass is 10.1. The first kappa shape index (κ1) is 19.3. The van der Waals surface area contributed by atoms with Gasteiger partial charge in [0, 0.05) is 18.0 Å². The Balaban J connectivity index is 2.92. The molecule has 0 aromatic heterocycles. The zero-order valence-corrected chi connectivity index (χ0v) is 14.4. The number of methoxy groups -OCH3 is 1. The van der Waals surface area contributed by atoms with Gasteiger partial charge in [0.2, 0.25) is 5.91 Å². The van der Waals surface area contributed by atoms with Gasteiger partial charge in [0.05, 0.1) is 29.8 Å². The number of hydrogen-bond donors (Lipinski definition) is 2. The Bertz CT molecular complexity index is 605. The maximum atomic E-state index is 12.2. The highest BCUT2D eigenvalue weighted by molar-refractivity contribution is 6.38. The molecule has 0 aliphatic rings. The molecule has 0 unspecified atom stereocenters. The Morgan fingerprint density at radius 2 is 1.87 bits per heavy atom. The predicted octanol–water partition coefficient (Wildman–Crippen LogP) is 3.02. The lowest BCUT2D eigenvalue weighted by Crippen LogP contribution is -2.27. The highest BCUT2D eigenvalue weighted by atomic mass is 35.5. The molecule has 0 aliphatic carbocycles. The van der Waals surface area contributed by atoms with Crippen molar-refractivity contribution in [1.82, 2.24) is 5.32 Å². The first-order chi connectivity index (χ1) is 10.9. The number of ether oxygens (including phenoxy) is 1. The third-order valence-electron chi connectivity index (χ3n) is 2.88. The molecule has 0 saturated heterocycles.